The molecule has 5 heteroatoms. The Bertz CT molecular complexity index is 2440. The van der Waals surface area contributed by atoms with E-state index in [0.717, 1.165) is 68.1 Å². The minimum atomic E-state index is -1.36. The van der Waals surface area contributed by atoms with Crippen LogP contribution in [-0.2, 0) is 32.9 Å². The van der Waals surface area contributed by atoms with E-state index in [4.69, 9.17) is 14.4 Å². The van der Waals surface area contributed by atoms with Crippen LogP contribution in [0, 0.1) is 35.8 Å². The van der Waals surface area contributed by atoms with Gasteiger partial charge in [-0.1, -0.05) is 141 Å². The minimum absolute atomic E-state index is 0. The van der Waals surface area contributed by atoms with E-state index in [-0.39, 0.29) is 20.1 Å². The molecule has 0 aliphatic heterocycles. The van der Waals surface area contributed by atoms with Gasteiger partial charge in [0.15, 0.2) is 0 Å². The Balaban J connectivity index is 0.000000172. The molecule has 4 aliphatic rings. The second-order valence-electron chi connectivity index (χ2n) is 18.3. The number of furan rings is 1. The molecule has 3 aromatic heterocycles. The van der Waals surface area contributed by atoms with Crippen LogP contribution >= 0.6 is 0 Å². The van der Waals surface area contributed by atoms with Crippen molar-refractivity contribution >= 4 is 35.2 Å². The van der Waals surface area contributed by atoms with E-state index in [1.54, 1.807) is 10.8 Å². The molecule has 299 valence electrons. The third-order valence-electron chi connectivity index (χ3n) is 13.3. The van der Waals surface area contributed by atoms with Crippen molar-refractivity contribution in [1.82, 2.24) is 9.97 Å². The molecule has 3 heterocycles. The number of aromatic nitrogens is 2. The normalized spacial score (nSPS) is 19.4. The molecule has 58 heavy (non-hydrogen) atoms. The summed E-state index contributed by atoms with van der Waals surface area (Å²) in [6.45, 7) is 7.30. The van der Waals surface area contributed by atoms with Gasteiger partial charge in [0, 0.05) is 37.9 Å². The predicted octanol–water partition coefficient (Wildman–Crippen LogP) is 13.7. The molecule has 3 nitrogen and oxygen atoms in total. The van der Waals surface area contributed by atoms with Crippen molar-refractivity contribution in [2.24, 2.45) is 23.7 Å². The molecule has 4 aliphatic carbocycles. The Morgan fingerprint density at radius 3 is 2.24 bits per heavy atom. The van der Waals surface area contributed by atoms with Crippen LogP contribution < -0.4 is 5.19 Å². The molecule has 1 radical (unpaired) electrons. The third-order valence-corrected chi connectivity index (χ3v) is 15.4. The molecule has 2 bridgehead atoms. The van der Waals surface area contributed by atoms with E-state index >= 15 is 0 Å². The molecular weight excluding hydrogens is 901 g/mol. The van der Waals surface area contributed by atoms with Crippen molar-refractivity contribution in [3.63, 3.8) is 0 Å². The number of nitrogens with zero attached hydrogens (tertiary/aromatic N) is 2. The number of hydrogen-bond donors (Lipinski definition) is 0. The fraction of sp³-hybridized carbons (Fsp3) is 0.358. The van der Waals surface area contributed by atoms with E-state index < -0.39 is 8.07 Å². The zero-order valence-corrected chi connectivity index (χ0v) is 37.8. The van der Waals surface area contributed by atoms with E-state index in [1.165, 1.54) is 93.7 Å². The summed E-state index contributed by atoms with van der Waals surface area (Å²) in [5, 5.41) is 3.81. The summed E-state index contributed by atoms with van der Waals surface area (Å²) in [4.78, 5) is 9.52. The van der Waals surface area contributed by atoms with Crippen LogP contribution in [0.5, 0.6) is 0 Å². The average Bonchev–Trinajstić information content (AvgIpc) is 3.63. The number of pyridine rings is 2. The predicted molar refractivity (Wildman–Crippen MR) is 240 cm³/mol. The van der Waals surface area contributed by atoms with Crippen LogP contribution in [0.15, 0.2) is 120 Å². The summed E-state index contributed by atoms with van der Waals surface area (Å²) < 4.78 is 6.46. The van der Waals surface area contributed by atoms with Crippen molar-refractivity contribution < 1.29 is 24.5 Å². The molecule has 0 spiro atoms. The molecule has 1 atom stereocenters. The summed E-state index contributed by atoms with van der Waals surface area (Å²) >= 11 is 0. The molecule has 1 unspecified atom stereocenters. The Labute approximate surface area is 360 Å². The van der Waals surface area contributed by atoms with Gasteiger partial charge in [-0.2, -0.15) is 0 Å². The van der Waals surface area contributed by atoms with Gasteiger partial charge in [-0.15, -0.1) is 54.1 Å². The largest absolute Gasteiger partial charge is 0.501 e. The SMILES string of the molecule is C[Si](C)(C)c1cnc(-c2[c-]cccc2)cc1CC1CCCCC1.[Ir].[c-]1ccc2c(oc3cc(-c4ccccc4)ccc32)c1-c1cc(CC2CC3CCC2CC3)ccn1. The van der Waals surface area contributed by atoms with Gasteiger partial charge in [0.1, 0.15) is 5.58 Å². The van der Waals surface area contributed by atoms with Crippen LogP contribution in [0.4, 0.5) is 0 Å². The van der Waals surface area contributed by atoms with Gasteiger partial charge in [0.2, 0.25) is 0 Å². The number of hydrogen-bond acceptors (Lipinski definition) is 3. The van der Waals surface area contributed by atoms with Gasteiger partial charge in [0.05, 0.1) is 13.7 Å². The molecule has 0 N–H and O–H groups in total. The van der Waals surface area contributed by atoms with Gasteiger partial charge in [-0.05, 0) is 95.6 Å². The summed E-state index contributed by atoms with van der Waals surface area (Å²) in [7, 11) is -1.36. The summed E-state index contributed by atoms with van der Waals surface area (Å²) in [6, 6.07) is 42.8. The van der Waals surface area contributed by atoms with Gasteiger partial charge in [-0.25, -0.2) is 0 Å². The Kier molecular flexibility index (Phi) is 12.6. The fourth-order valence-electron chi connectivity index (χ4n) is 10.3. The molecule has 0 amide bonds. The van der Waals surface area contributed by atoms with Crippen LogP contribution in [0.1, 0.15) is 75.3 Å². The van der Waals surface area contributed by atoms with E-state index in [2.05, 4.69) is 117 Å². The van der Waals surface area contributed by atoms with Crippen LogP contribution in [0.2, 0.25) is 19.6 Å². The van der Waals surface area contributed by atoms with Crippen molar-refractivity contribution in [3.8, 4) is 33.6 Å². The quantitative estimate of drug-likeness (QED) is 0.113. The van der Waals surface area contributed by atoms with Crippen molar-refractivity contribution in [2.75, 3.05) is 0 Å². The first kappa shape index (κ1) is 40.6. The Hall–Kier alpha value is -4.15. The van der Waals surface area contributed by atoms with Gasteiger partial charge < -0.3 is 14.4 Å². The molecular formula is C53H56IrN2OSi-2. The first-order chi connectivity index (χ1) is 27.9. The maximum atomic E-state index is 6.46. The topological polar surface area (TPSA) is 38.9 Å². The first-order valence-electron chi connectivity index (χ1n) is 21.7. The third kappa shape index (κ3) is 9.03. The number of benzene rings is 4. The molecule has 0 saturated heterocycles. The molecule has 4 aromatic carbocycles. The van der Waals surface area contributed by atoms with Crippen molar-refractivity contribution in [3.05, 3.63) is 139 Å². The smallest absolute Gasteiger partial charge is 0.121 e. The van der Waals surface area contributed by atoms with Crippen molar-refractivity contribution in [1.29, 1.82) is 0 Å². The Morgan fingerprint density at radius 2 is 1.50 bits per heavy atom. The maximum Gasteiger partial charge on any atom is 0.121 e. The van der Waals surface area contributed by atoms with E-state index in [9.17, 15) is 0 Å². The van der Waals surface area contributed by atoms with Gasteiger partial charge >= 0.3 is 0 Å². The zero-order chi connectivity index (χ0) is 38.8. The van der Waals surface area contributed by atoms with Crippen LogP contribution in [0.3, 0.4) is 0 Å². The van der Waals surface area contributed by atoms with Crippen molar-refractivity contribution in [2.45, 2.75) is 96.7 Å². The second kappa shape index (κ2) is 18.0. The fourth-order valence-corrected chi connectivity index (χ4v) is 11.9. The number of fused-ring (bicyclic) bond motifs is 6. The monoisotopic (exact) mass is 957 g/mol. The molecule has 11 rings (SSSR count). The summed E-state index contributed by atoms with van der Waals surface area (Å²) in [5.41, 5.74) is 11.2. The molecule has 4 fully saturated rings. The van der Waals surface area contributed by atoms with Gasteiger partial charge in [0.25, 0.3) is 0 Å². The minimum Gasteiger partial charge on any atom is -0.501 e. The van der Waals surface area contributed by atoms with E-state index in [0.29, 0.717) is 0 Å². The Morgan fingerprint density at radius 1 is 0.690 bits per heavy atom. The standard InChI is InChI=1S/C32H28NO.C21H28NSi.Ir/c1-2-5-23(6-3-1)25-13-14-27-28-7-4-8-29(32(28)34-31(27)20-25)30-19-22(15-16-33-30)18-26-17-21-9-11-24(26)12-10-21;1-23(2,3)21-16-22-20(18-12-8-5-9-13-18)15-19(21)14-17-10-6-4-7-11-17;/h1-7,13-16,19-21,24,26H,9-12,17-18H2;5,8-9,12,15-17H,4,6-7,10-11,14H2,1-3H3;/q2*-1;. The maximum absolute atomic E-state index is 6.46. The van der Waals surface area contributed by atoms with E-state index in [1.807, 2.05) is 30.5 Å². The average molecular weight is 957 g/mol. The summed E-state index contributed by atoms with van der Waals surface area (Å²) in [5.74, 6) is 3.60. The number of rotatable bonds is 8. The van der Waals surface area contributed by atoms with Crippen LogP contribution in [0.25, 0.3) is 55.6 Å². The first-order valence-corrected chi connectivity index (χ1v) is 25.2. The molecule has 7 aromatic rings. The second-order valence-corrected chi connectivity index (χ2v) is 23.3. The summed E-state index contributed by atoms with van der Waals surface area (Å²) in [6.07, 6.45) is 20.8. The molecule has 4 saturated carbocycles. The van der Waals surface area contributed by atoms with Crippen LogP contribution in [-0.4, -0.2) is 18.0 Å². The van der Waals surface area contributed by atoms with Gasteiger partial charge in [-0.3, -0.25) is 0 Å². The zero-order valence-electron chi connectivity index (χ0n) is 34.4.